The average molecular weight is 538 g/mol. The van der Waals surface area contributed by atoms with Crippen molar-refractivity contribution in [2.45, 2.75) is 0 Å². The summed E-state index contributed by atoms with van der Waals surface area (Å²) in [7, 11) is 6.68. The Morgan fingerprint density at radius 3 is 1.82 bits per heavy atom. The summed E-state index contributed by atoms with van der Waals surface area (Å²) in [6.07, 6.45) is 4.19. The van der Waals surface area contributed by atoms with Gasteiger partial charge in [0.15, 0.2) is 35.4 Å². The van der Waals surface area contributed by atoms with Gasteiger partial charge in [-0.3, -0.25) is 0 Å². The van der Waals surface area contributed by atoms with Crippen LogP contribution in [-0.4, -0.2) is 28.4 Å². The Kier molecular flexibility index (Phi) is 7.18. The number of hydrogen-bond donors (Lipinski definition) is 0. The zero-order chi connectivity index (χ0) is 26.2. The van der Waals surface area contributed by atoms with Gasteiger partial charge in [-0.1, -0.05) is 54.6 Å². The SMILES string of the molecule is COc1cc2cc[n+]3cc4cc(OC)c(OC)c(-c5ccc(-c6ccccc6)cc5)c4cc3c2cc1OC.[Cl-]. The van der Waals surface area contributed by atoms with Gasteiger partial charge >= 0.3 is 0 Å². The number of hydrogen-bond acceptors (Lipinski definition) is 4. The van der Waals surface area contributed by atoms with Gasteiger partial charge in [0.25, 0.3) is 0 Å². The summed E-state index contributed by atoms with van der Waals surface area (Å²) in [6.45, 7) is 0. The van der Waals surface area contributed by atoms with Crippen molar-refractivity contribution in [2.75, 3.05) is 28.4 Å². The van der Waals surface area contributed by atoms with Crippen molar-refractivity contribution < 1.29 is 35.8 Å². The van der Waals surface area contributed by atoms with Gasteiger partial charge in [0.2, 0.25) is 5.52 Å². The molecule has 0 fully saturated rings. The summed E-state index contributed by atoms with van der Waals surface area (Å²) in [4.78, 5) is 0. The van der Waals surface area contributed by atoms with Gasteiger partial charge in [0.1, 0.15) is 0 Å². The summed E-state index contributed by atoms with van der Waals surface area (Å²) < 4.78 is 25.0. The Hall–Kier alpha value is -4.48. The molecule has 0 aliphatic rings. The van der Waals surface area contributed by atoms with Crippen LogP contribution >= 0.6 is 0 Å². The first-order valence-corrected chi connectivity index (χ1v) is 12.4. The predicted molar refractivity (Wildman–Crippen MR) is 152 cm³/mol. The number of benzene rings is 4. The van der Waals surface area contributed by atoms with Crippen molar-refractivity contribution in [1.29, 1.82) is 0 Å². The van der Waals surface area contributed by atoms with Gasteiger partial charge in [0, 0.05) is 23.1 Å². The van der Waals surface area contributed by atoms with Crippen LogP contribution in [0.25, 0.3) is 49.3 Å². The molecule has 39 heavy (non-hydrogen) atoms. The van der Waals surface area contributed by atoms with Crippen molar-refractivity contribution >= 4 is 27.1 Å². The topological polar surface area (TPSA) is 41.0 Å². The van der Waals surface area contributed by atoms with Crippen molar-refractivity contribution in [3.8, 4) is 45.3 Å². The number of ether oxygens (including phenoxy) is 4. The normalized spacial score (nSPS) is 10.9. The number of pyridine rings is 2. The fourth-order valence-electron chi connectivity index (χ4n) is 5.22. The second kappa shape index (κ2) is 10.7. The minimum absolute atomic E-state index is 0. The van der Waals surface area contributed by atoms with Crippen LogP contribution in [0.5, 0.6) is 23.0 Å². The molecule has 0 radical (unpaired) electrons. The Labute approximate surface area is 233 Å². The molecule has 0 aliphatic heterocycles. The molecular formula is C33H28ClNO4. The standard InChI is InChI=1S/C33H28NO4.ClH/c1-35-29-16-24-14-15-34-20-25-17-31(37-3)33(38-4)32(27(25)18-28(34)26(24)19-30(29)36-2)23-12-10-22(11-13-23)21-8-6-5-7-9-21;/h5-20H,1-4H3;1H/q+1;/p-1. The lowest BCUT2D eigenvalue weighted by atomic mass is 9.94. The Bertz CT molecular complexity index is 1800. The molecule has 196 valence electrons. The highest BCUT2D eigenvalue weighted by Crippen LogP contribution is 2.44. The highest BCUT2D eigenvalue weighted by atomic mass is 35.5. The Morgan fingerprint density at radius 1 is 0.538 bits per heavy atom. The van der Waals surface area contributed by atoms with E-state index >= 15 is 0 Å². The largest absolute Gasteiger partial charge is 1.00 e. The minimum Gasteiger partial charge on any atom is -1.00 e. The van der Waals surface area contributed by atoms with Crippen LogP contribution in [0.2, 0.25) is 0 Å². The summed E-state index contributed by atoms with van der Waals surface area (Å²) in [6, 6.07) is 29.3. The number of rotatable bonds is 6. The summed E-state index contributed by atoms with van der Waals surface area (Å²) in [5.74, 6) is 2.79. The highest BCUT2D eigenvalue weighted by Gasteiger charge is 2.21. The summed E-state index contributed by atoms with van der Waals surface area (Å²) >= 11 is 0. The number of fused-ring (bicyclic) bond motifs is 4. The van der Waals surface area contributed by atoms with Gasteiger partial charge in [-0.2, -0.15) is 4.40 Å². The first kappa shape index (κ1) is 26.1. The maximum absolute atomic E-state index is 5.94. The molecule has 0 atom stereocenters. The molecule has 0 saturated carbocycles. The molecule has 0 bridgehead atoms. The predicted octanol–water partition coefficient (Wildman–Crippen LogP) is 4.10. The molecule has 0 amide bonds. The van der Waals surface area contributed by atoms with E-state index in [-0.39, 0.29) is 12.4 Å². The highest BCUT2D eigenvalue weighted by molar-refractivity contribution is 6.05. The molecule has 0 saturated heterocycles. The Balaban J connectivity index is 0.00000308. The third kappa shape index (κ3) is 4.45. The van der Waals surface area contributed by atoms with E-state index in [1.807, 2.05) is 24.3 Å². The first-order valence-electron chi connectivity index (χ1n) is 12.4. The number of aromatic nitrogens is 1. The number of halogens is 1. The van der Waals surface area contributed by atoms with Crippen molar-refractivity contribution in [3.05, 3.63) is 97.3 Å². The van der Waals surface area contributed by atoms with Crippen molar-refractivity contribution in [1.82, 2.24) is 0 Å². The zero-order valence-electron chi connectivity index (χ0n) is 22.2. The molecule has 0 N–H and O–H groups in total. The van der Waals surface area contributed by atoms with Crippen LogP contribution in [-0.2, 0) is 0 Å². The molecule has 0 unspecified atom stereocenters. The van der Waals surface area contributed by atoms with Crippen LogP contribution < -0.4 is 35.8 Å². The third-order valence-corrected chi connectivity index (χ3v) is 7.11. The average Bonchev–Trinajstić information content (AvgIpc) is 2.98. The maximum Gasteiger partial charge on any atom is 0.219 e. The van der Waals surface area contributed by atoms with Gasteiger partial charge in [-0.15, -0.1) is 0 Å². The van der Waals surface area contributed by atoms with E-state index in [1.54, 1.807) is 28.4 Å². The lowest BCUT2D eigenvalue weighted by Gasteiger charge is -2.16. The zero-order valence-corrected chi connectivity index (χ0v) is 23.0. The van der Waals surface area contributed by atoms with Gasteiger partial charge < -0.3 is 31.4 Å². The van der Waals surface area contributed by atoms with Gasteiger partial charge in [-0.25, -0.2) is 0 Å². The van der Waals surface area contributed by atoms with Crippen molar-refractivity contribution in [3.63, 3.8) is 0 Å². The molecule has 4 aromatic carbocycles. The van der Waals surface area contributed by atoms with E-state index in [4.69, 9.17) is 18.9 Å². The molecule has 2 aromatic heterocycles. The van der Waals surface area contributed by atoms with E-state index in [1.165, 1.54) is 5.56 Å². The summed E-state index contributed by atoms with van der Waals surface area (Å²) in [5.41, 5.74) is 5.43. The molecule has 0 aliphatic carbocycles. The van der Waals surface area contributed by atoms with Gasteiger partial charge in [0.05, 0.1) is 39.2 Å². The summed E-state index contributed by atoms with van der Waals surface area (Å²) in [5, 5.41) is 4.24. The van der Waals surface area contributed by atoms with E-state index in [9.17, 15) is 0 Å². The third-order valence-electron chi connectivity index (χ3n) is 7.11. The van der Waals surface area contributed by atoms with Crippen molar-refractivity contribution in [2.24, 2.45) is 0 Å². The fraction of sp³-hybridized carbons (Fsp3) is 0.121. The maximum atomic E-state index is 5.94. The monoisotopic (exact) mass is 537 g/mol. The molecule has 6 rings (SSSR count). The molecule has 6 aromatic rings. The van der Waals surface area contributed by atoms with Crippen LogP contribution in [0.4, 0.5) is 0 Å². The molecule has 6 heteroatoms. The first-order chi connectivity index (χ1) is 18.6. The molecule has 0 spiro atoms. The smallest absolute Gasteiger partial charge is 0.219 e. The van der Waals surface area contributed by atoms with Crippen LogP contribution in [0.15, 0.2) is 97.3 Å². The molecule has 2 heterocycles. The number of nitrogens with zero attached hydrogens (tertiary/aromatic N) is 1. The van der Waals surface area contributed by atoms with E-state index in [0.29, 0.717) is 23.0 Å². The van der Waals surface area contributed by atoms with Crippen LogP contribution in [0.3, 0.4) is 0 Å². The second-order valence-electron chi connectivity index (χ2n) is 9.11. The molecular weight excluding hydrogens is 510 g/mol. The quantitative estimate of drug-likeness (QED) is 0.182. The number of methoxy groups -OCH3 is 4. The van der Waals surface area contributed by atoms with E-state index in [2.05, 4.69) is 77.5 Å². The van der Waals surface area contributed by atoms with E-state index < -0.39 is 0 Å². The van der Waals surface area contributed by atoms with E-state index in [0.717, 1.165) is 43.8 Å². The van der Waals surface area contributed by atoms with Gasteiger partial charge in [-0.05, 0) is 40.3 Å². The fourth-order valence-corrected chi connectivity index (χ4v) is 5.22. The minimum atomic E-state index is 0. The lowest BCUT2D eigenvalue weighted by Crippen LogP contribution is -3.00. The van der Waals surface area contributed by atoms with Crippen LogP contribution in [0, 0.1) is 0 Å². The lowest BCUT2D eigenvalue weighted by molar-refractivity contribution is -0.509. The van der Waals surface area contributed by atoms with Crippen LogP contribution in [0.1, 0.15) is 0 Å². The Morgan fingerprint density at radius 2 is 1.15 bits per heavy atom. The second-order valence-corrected chi connectivity index (χ2v) is 9.11. The molecule has 5 nitrogen and oxygen atoms in total.